The van der Waals surface area contributed by atoms with Crippen molar-refractivity contribution in [2.75, 3.05) is 31.7 Å². The van der Waals surface area contributed by atoms with Gasteiger partial charge in [-0.05, 0) is 49.1 Å². The van der Waals surface area contributed by atoms with Crippen LogP contribution in [-0.2, 0) is 4.79 Å². The smallest absolute Gasteiger partial charge is 0.256 e. The van der Waals surface area contributed by atoms with E-state index in [4.69, 9.17) is 9.47 Å². The minimum atomic E-state index is -0.0252. The number of fused-ring (bicyclic) bond motifs is 5. The van der Waals surface area contributed by atoms with Crippen LogP contribution in [0.1, 0.15) is 67.3 Å². The van der Waals surface area contributed by atoms with Crippen LogP contribution >= 0.6 is 0 Å². The zero-order valence-corrected chi connectivity index (χ0v) is 23.1. The zero-order valence-electron chi connectivity index (χ0n) is 23.1. The van der Waals surface area contributed by atoms with E-state index in [9.17, 15) is 14.7 Å². The van der Waals surface area contributed by atoms with Gasteiger partial charge in [-0.15, -0.1) is 0 Å². The van der Waals surface area contributed by atoms with Crippen molar-refractivity contribution >= 4 is 40.2 Å². The Hall–Kier alpha value is -4.07. The maximum absolute atomic E-state index is 13.3. The molecule has 0 spiro atoms. The van der Waals surface area contributed by atoms with E-state index in [0.717, 1.165) is 54.3 Å². The lowest BCUT2D eigenvalue weighted by Gasteiger charge is -2.32. The molecule has 8 heteroatoms. The Morgan fingerprint density at radius 2 is 1.95 bits per heavy atom. The number of hydrogen-bond acceptors (Lipinski definition) is 6. The number of aliphatic imine (C=N–C) groups is 1. The Morgan fingerprint density at radius 1 is 1.12 bits per heavy atom. The van der Waals surface area contributed by atoms with Crippen LogP contribution in [0.3, 0.4) is 0 Å². The molecule has 3 aromatic rings. The highest BCUT2D eigenvalue weighted by molar-refractivity contribution is 6.04. The summed E-state index contributed by atoms with van der Waals surface area (Å²) in [7, 11) is 1.56. The molecule has 0 aromatic heterocycles. The van der Waals surface area contributed by atoms with Crippen molar-refractivity contribution < 1.29 is 24.2 Å². The van der Waals surface area contributed by atoms with Crippen molar-refractivity contribution in [1.82, 2.24) is 4.90 Å². The number of hydrogen-bond donors (Lipinski definition) is 1. The molecule has 1 N–H and O–H groups in total. The Balaban J connectivity index is 1.14. The summed E-state index contributed by atoms with van der Waals surface area (Å²) in [5.74, 6) is 1.39. The van der Waals surface area contributed by atoms with Crippen molar-refractivity contribution in [2.24, 2.45) is 4.99 Å². The van der Waals surface area contributed by atoms with Crippen LogP contribution < -0.4 is 14.4 Å². The molecule has 2 atom stereocenters. The number of nitrogens with zero attached hydrogens (tertiary/aromatic N) is 3. The van der Waals surface area contributed by atoms with Crippen LogP contribution in [0.4, 0.5) is 11.4 Å². The zero-order chi connectivity index (χ0) is 27.8. The molecular weight excluding hydrogens is 506 g/mol. The second kappa shape index (κ2) is 10.8. The maximum Gasteiger partial charge on any atom is 0.256 e. The molecular formula is C32H35N3O5. The van der Waals surface area contributed by atoms with Gasteiger partial charge in [-0.1, -0.05) is 31.2 Å². The summed E-state index contributed by atoms with van der Waals surface area (Å²) in [5, 5.41) is 12.5. The monoisotopic (exact) mass is 541 g/mol. The number of methoxy groups -OCH3 is 1. The molecule has 3 aliphatic heterocycles. The molecule has 1 fully saturated rings. The van der Waals surface area contributed by atoms with Crippen LogP contribution in [0.2, 0.25) is 0 Å². The van der Waals surface area contributed by atoms with Gasteiger partial charge in [0.2, 0.25) is 5.91 Å². The fraction of sp³-hybridized carbons (Fsp3) is 0.406. The first-order valence-corrected chi connectivity index (χ1v) is 14.2. The maximum atomic E-state index is 13.3. The number of carbonyl (C=O) groups is 2. The van der Waals surface area contributed by atoms with Crippen LogP contribution in [0.15, 0.2) is 47.5 Å². The average Bonchev–Trinajstić information content (AvgIpc) is 3.30. The summed E-state index contributed by atoms with van der Waals surface area (Å²) in [6.07, 6.45) is 6.62. The van der Waals surface area contributed by atoms with Gasteiger partial charge in [0.05, 0.1) is 36.7 Å². The van der Waals surface area contributed by atoms with Crippen LogP contribution in [-0.4, -0.2) is 60.9 Å². The molecule has 0 radical (unpaired) electrons. The van der Waals surface area contributed by atoms with Gasteiger partial charge in [0.25, 0.3) is 5.91 Å². The summed E-state index contributed by atoms with van der Waals surface area (Å²) < 4.78 is 11.6. The molecule has 1 saturated heterocycles. The second-order valence-electron chi connectivity index (χ2n) is 10.8. The van der Waals surface area contributed by atoms with E-state index in [-0.39, 0.29) is 29.5 Å². The fourth-order valence-electron chi connectivity index (χ4n) is 6.32. The van der Waals surface area contributed by atoms with E-state index in [1.54, 1.807) is 25.3 Å². The van der Waals surface area contributed by atoms with Gasteiger partial charge in [-0.3, -0.25) is 14.6 Å². The molecule has 208 valence electrons. The first-order valence-electron chi connectivity index (χ1n) is 14.2. The van der Waals surface area contributed by atoms with Crippen LogP contribution in [0, 0.1) is 0 Å². The summed E-state index contributed by atoms with van der Waals surface area (Å²) >= 11 is 0. The molecule has 6 rings (SSSR count). The van der Waals surface area contributed by atoms with Gasteiger partial charge in [0.1, 0.15) is 5.75 Å². The molecule has 3 heterocycles. The van der Waals surface area contributed by atoms with Gasteiger partial charge in [0.15, 0.2) is 11.5 Å². The lowest BCUT2D eigenvalue weighted by molar-refractivity contribution is -0.118. The van der Waals surface area contributed by atoms with Gasteiger partial charge in [0, 0.05) is 49.2 Å². The third-order valence-corrected chi connectivity index (χ3v) is 8.44. The number of phenols is 1. The molecule has 0 aliphatic carbocycles. The van der Waals surface area contributed by atoms with E-state index >= 15 is 0 Å². The van der Waals surface area contributed by atoms with E-state index in [0.29, 0.717) is 48.7 Å². The number of aromatic hydroxyl groups is 1. The van der Waals surface area contributed by atoms with Crippen LogP contribution in [0.25, 0.3) is 10.8 Å². The van der Waals surface area contributed by atoms with Crippen LogP contribution in [0.5, 0.6) is 17.2 Å². The molecule has 40 heavy (non-hydrogen) atoms. The number of carbonyl (C=O) groups excluding carboxylic acids is 2. The van der Waals surface area contributed by atoms with Gasteiger partial charge in [-0.25, -0.2) is 0 Å². The molecule has 0 saturated carbocycles. The Morgan fingerprint density at radius 3 is 2.75 bits per heavy atom. The van der Waals surface area contributed by atoms with Crippen molar-refractivity contribution in [1.29, 1.82) is 0 Å². The largest absolute Gasteiger partial charge is 0.507 e. The number of ether oxygens (including phenoxy) is 2. The van der Waals surface area contributed by atoms with Crippen molar-refractivity contribution in [3.8, 4) is 17.2 Å². The predicted octanol–water partition coefficient (Wildman–Crippen LogP) is 5.96. The average molecular weight is 542 g/mol. The Labute approximate surface area is 234 Å². The third kappa shape index (κ3) is 4.55. The molecule has 0 unspecified atom stereocenters. The SMILES string of the molecule is CC[C@@H]1CN(C(=O)CCCOc2cc3c(cc2OC)C(=O)N2CCCC[C@H]2C=N3)c2cc(O)c3ccccc3c21. The number of rotatable bonds is 7. The van der Waals surface area contributed by atoms with Gasteiger partial charge < -0.3 is 24.4 Å². The molecule has 8 nitrogen and oxygen atoms in total. The lowest BCUT2D eigenvalue weighted by Crippen LogP contribution is -2.43. The highest BCUT2D eigenvalue weighted by atomic mass is 16.5. The normalized spacial score (nSPS) is 19.7. The number of benzene rings is 3. The molecule has 3 aromatic carbocycles. The Kier molecular flexibility index (Phi) is 7.09. The highest BCUT2D eigenvalue weighted by Gasteiger charge is 2.34. The van der Waals surface area contributed by atoms with Crippen molar-refractivity contribution in [3.63, 3.8) is 0 Å². The molecule has 0 bridgehead atoms. The standard InChI is InChI=1S/C32H35N3O5/c1-3-20-19-35(26-17-27(36)22-10-4-5-11-23(22)31(20)26)30(37)12-8-14-40-29-16-25-24(15-28(29)39-2)32(38)34-13-7-6-9-21(34)18-33-25/h4-5,10-11,15-18,20-21,36H,3,6-9,12-14,19H2,1-2H3/t20-,21+/m1/s1. The first-order chi connectivity index (χ1) is 19.5. The first kappa shape index (κ1) is 26.2. The number of piperidine rings is 1. The molecule has 3 aliphatic rings. The van der Waals surface area contributed by atoms with Crippen molar-refractivity contribution in [3.05, 3.63) is 53.6 Å². The van der Waals surface area contributed by atoms with Gasteiger partial charge >= 0.3 is 0 Å². The molecule has 2 amide bonds. The number of amides is 2. The summed E-state index contributed by atoms with van der Waals surface area (Å²) in [6.45, 7) is 3.80. The minimum Gasteiger partial charge on any atom is -0.507 e. The predicted molar refractivity (Wildman–Crippen MR) is 156 cm³/mol. The van der Waals surface area contributed by atoms with E-state index in [2.05, 4.69) is 11.9 Å². The number of anilines is 1. The van der Waals surface area contributed by atoms with E-state index < -0.39 is 0 Å². The summed E-state index contributed by atoms with van der Waals surface area (Å²) in [6, 6.07) is 13.1. The Bertz CT molecular complexity index is 1500. The fourth-order valence-corrected chi connectivity index (χ4v) is 6.32. The van der Waals surface area contributed by atoms with E-state index in [1.807, 2.05) is 40.3 Å². The quantitative estimate of drug-likeness (QED) is 0.373. The summed E-state index contributed by atoms with van der Waals surface area (Å²) in [5.41, 5.74) is 3.05. The minimum absolute atomic E-state index is 0.0104. The third-order valence-electron chi connectivity index (χ3n) is 8.44. The summed E-state index contributed by atoms with van der Waals surface area (Å²) in [4.78, 5) is 34.9. The van der Waals surface area contributed by atoms with Crippen molar-refractivity contribution in [2.45, 2.75) is 57.4 Å². The number of phenolic OH excluding ortho intramolecular Hbond substituents is 1. The highest BCUT2D eigenvalue weighted by Crippen LogP contribution is 2.46. The van der Waals surface area contributed by atoms with Gasteiger partial charge in [-0.2, -0.15) is 0 Å². The topological polar surface area (TPSA) is 91.7 Å². The lowest BCUT2D eigenvalue weighted by atomic mass is 9.93. The van der Waals surface area contributed by atoms with E-state index in [1.165, 1.54) is 0 Å². The second-order valence-corrected chi connectivity index (χ2v) is 10.8.